The zero-order chi connectivity index (χ0) is 19.1. The summed E-state index contributed by atoms with van der Waals surface area (Å²) in [6.07, 6.45) is 0. The van der Waals surface area contributed by atoms with Crippen molar-refractivity contribution in [3.05, 3.63) is 64.2 Å². The molecule has 1 unspecified atom stereocenters. The van der Waals surface area contributed by atoms with E-state index in [2.05, 4.69) is 4.99 Å². The van der Waals surface area contributed by atoms with Crippen LogP contribution in [0.3, 0.4) is 0 Å². The molecule has 1 atom stereocenters. The number of ether oxygens (including phenoxy) is 3. The highest BCUT2D eigenvalue weighted by atomic mass is 16.5. The van der Waals surface area contributed by atoms with E-state index in [1.165, 1.54) is 0 Å². The quantitative estimate of drug-likeness (QED) is 0.839. The molecule has 0 aromatic heterocycles. The first-order chi connectivity index (χ1) is 13.0. The summed E-state index contributed by atoms with van der Waals surface area (Å²) in [6, 6.07) is 13.3. The highest BCUT2D eigenvalue weighted by Gasteiger charge is 2.40. The lowest BCUT2D eigenvalue weighted by atomic mass is 9.80. The van der Waals surface area contributed by atoms with Gasteiger partial charge in [0.15, 0.2) is 0 Å². The number of carbonyl (C=O) groups is 1. The number of benzene rings is 2. The van der Waals surface area contributed by atoms with Crippen molar-refractivity contribution in [2.75, 3.05) is 14.2 Å². The summed E-state index contributed by atoms with van der Waals surface area (Å²) in [5.74, 6) is 1.07. The lowest BCUT2D eigenvalue weighted by molar-refractivity contribution is -0.113. The lowest BCUT2D eigenvalue weighted by Gasteiger charge is -2.28. The molecule has 6 nitrogen and oxygen atoms in total. The van der Waals surface area contributed by atoms with Crippen molar-refractivity contribution in [2.24, 2.45) is 4.99 Å². The average molecular weight is 360 g/mol. The minimum atomic E-state index is -0.577. The Morgan fingerprint density at radius 1 is 1.11 bits per heavy atom. The normalized spacial score (nSPS) is 17.5. The minimum Gasteiger partial charge on any atom is -0.497 e. The Bertz CT molecular complexity index is 1050. The van der Waals surface area contributed by atoms with E-state index in [1.807, 2.05) is 43.3 Å². The topological polar surface area (TPSA) is 80.9 Å². The van der Waals surface area contributed by atoms with Crippen LogP contribution in [0.15, 0.2) is 52.5 Å². The molecular formula is C21H16N2O4. The van der Waals surface area contributed by atoms with Gasteiger partial charge in [-0.1, -0.05) is 12.1 Å². The van der Waals surface area contributed by atoms with Gasteiger partial charge in [-0.25, -0.2) is 0 Å². The van der Waals surface area contributed by atoms with Crippen LogP contribution in [0.2, 0.25) is 0 Å². The van der Waals surface area contributed by atoms with Crippen LogP contribution >= 0.6 is 0 Å². The fourth-order valence-electron chi connectivity index (χ4n) is 3.45. The predicted molar refractivity (Wildman–Crippen MR) is 98.3 cm³/mol. The molecule has 4 rings (SSSR count). The minimum absolute atomic E-state index is 0.00279. The lowest BCUT2D eigenvalue weighted by Crippen LogP contribution is -2.24. The first-order valence-corrected chi connectivity index (χ1v) is 8.34. The predicted octanol–water partition coefficient (Wildman–Crippen LogP) is 3.30. The Labute approximate surface area is 156 Å². The van der Waals surface area contributed by atoms with E-state index in [0.29, 0.717) is 22.8 Å². The SMILES string of the molecule is COc1cc(OC)cc(C2C3=C(C#N)C(=O)N=C3Oc3cc(C)ccc32)c1. The Kier molecular flexibility index (Phi) is 3.93. The Hall–Kier alpha value is -3.59. The van der Waals surface area contributed by atoms with E-state index in [1.54, 1.807) is 20.3 Å². The molecule has 0 saturated carbocycles. The van der Waals surface area contributed by atoms with Crippen LogP contribution in [0.1, 0.15) is 22.6 Å². The van der Waals surface area contributed by atoms with Crippen LogP contribution in [0.5, 0.6) is 17.2 Å². The van der Waals surface area contributed by atoms with Gasteiger partial charge in [0.2, 0.25) is 5.90 Å². The van der Waals surface area contributed by atoms with Gasteiger partial charge >= 0.3 is 0 Å². The number of nitriles is 1. The van der Waals surface area contributed by atoms with Crippen molar-refractivity contribution in [1.82, 2.24) is 0 Å². The number of hydrogen-bond donors (Lipinski definition) is 0. The molecular weight excluding hydrogens is 344 g/mol. The van der Waals surface area contributed by atoms with Gasteiger partial charge in [0.25, 0.3) is 5.91 Å². The second-order valence-electron chi connectivity index (χ2n) is 6.34. The van der Waals surface area contributed by atoms with Crippen LogP contribution < -0.4 is 14.2 Å². The van der Waals surface area contributed by atoms with Crippen molar-refractivity contribution in [3.63, 3.8) is 0 Å². The highest BCUT2D eigenvalue weighted by Crippen LogP contribution is 2.46. The molecule has 0 spiro atoms. The number of amides is 1. The Morgan fingerprint density at radius 2 is 1.81 bits per heavy atom. The third kappa shape index (κ3) is 2.64. The van der Waals surface area contributed by atoms with Crippen molar-refractivity contribution in [1.29, 1.82) is 5.26 Å². The highest BCUT2D eigenvalue weighted by molar-refractivity contribution is 6.20. The first-order valence-electron chi connectivity index (χ1n) is 8.34. The molecule has 1 amide bonds. The summed E-state index contributed by atoms with van der Waals surface area (Å²) < 4.78 is 16.6. The van der Waals surface area contributed by atoms with E-state index < -0.39 is 11.8 Å². The monoisotopic (exact) mass is 360 g/mol. The number of nitrogens with zero attached hydrogens (tertiary/aromatic N) is 2. The summed E-state index contributed by atoms with van der Waals surface area (Å²) in [7, 11) is 3.15. The molecule has 134 valence electrons. The van der Waals surface area contributed by atoms with E-state index in [4.69, 9.17) is 14.2 Å². The molecule has 0 aliphatic carbocycles. The smallest absolute Gasteiger partial charge is 0.291 e. The summed E-state index contributed by atoms with van der Waals surface area (Å²) in [5, 5.41) is 9.53. The largest absolute Gasteiger partial charge is 0.497 e. The molecule has 0 bridgehead atoms. The van der Waals surface area contributed by atoms with Crippen molar-refractivity contribution < 1.29 is 19.0 Å². The summed E-state index contributed by atoms with van der Waals surface area (Å²) in [6.45, 7) is 1.96. The maximum absolute atomic E-state index is 12.2. The van der Waals surface area contributed by atoms with E-state index in [9.17, 15) is 10.1 Å². The molecule has 0 saturated heterocycles. The standard InChI is InChI=1S/C21H16N2O4/c1-11-4-5-15-17(6-11)27-21-19(16(10-22)20(24)23-21)18(15)12-7-13(25-2)9-14(8-12)26-3/h4-9,18H,1-3H3. The van der Waals surface area contributed by atoms with Crippen molar-refractivity contribution >= 4 is 11.8 Å². The molecule has 0 N–H and O–H groups in total. The number of aliphatic imine (C=N–C) groups is 1. The molecule has 2 heterocycles. The second-order valence-corrected chi connectivity index (χ2v) is 6.34. The van der Waals surface area contributed by atoms with Crippen molar-refractivity contribution in [2.45, 2.75) is 12.8 Å². The van der Waals surface area contributed by atoms with Gasteiger partial charge < -0.3 is 14.2 Å². The molecule has 2 aliphatic rings. The van der Waals surface area contributed by atoms with Crippen molar-refractivity contribution in [3.8, 4) is 23.3 Å². The summed E-state index contributed by atoms with van der Waals surface area (Å²) in [4.78, 5) is 16.2. The number of fused-ring (bicyclic) bond motifs is 2. The maximum atomic E-state index is 12.2. The zero-order valence-electron chi connectivity index (χ0n) is 15.1. The first kappa shape index (κ1) is 16.9. The van der Waals surface area contributed by atoms with Gasteiger partial charge in [0.1, 0.15) is 28.9 Å². The van der Waals surface area contributed by atoms with Gasteiger partial charge in [-0.3, -0.25) is 4.79 Å². The third-order valence-corrected chi connectivity index (χ3v) is 4.71. The summed E-state index contributed by atoms with van der Waals surface area (Å²) in [5.41, 5.74) is 3.18. The fraction of sp³-hybridized carbons (Fsp3) is 0.190. The second kappa shape index (κ2) is 6.29. The molecule has 0 fully saturated rings. The number of aryl methyl sites for hydroxylation is 1. The molecule has 0 radical (unpaired) electrons. The average Bonchev–Trinajstić information content (AvgIpc) is 2.99. The molecule has 2 aliphatic heterocycles. The number of methoxy groups -OCH3 is 2. The fourth-order valence-corrected chi connectivity index (χ4v) is 3.45. The van der Waals surface area contributed by atoms with Gasteiger partial charge in [0.05, 0.1) is 19.8 Å². The number of hydrogen-bond acceptors (Lipinski definition) is 5. The molecule has 6 heteroatoms. The number of rotatable bonds is 3. The molecule has 2 aromatic rings. The van der Waals surface area contributed by atoms with Gasteiger partial charge in [-0.15, -0.1) is 0 Å². The van der Waals surface area contributed by atoms with Gasteiger partial charge in [0, 0.05) is 17.5 Å². The van der Waals surface area contributed by atoms with E-state index in [-0.39, 0.29) is 11.5 Å². The van der Waals surface area contributed by atoms with Crippen LogP contribution in [0.25, 0.3) is 0 Å². The van der Waals surface area contributed by atoms with Gasteiger partial charge in [-0.2, -0.15) is 10.3 Å². The zero-order valence-corrected chi connectivity index (χ0v) is 15.1. The third-order valence-electron chi connectivity index (χ3n) is 4.71. The van der Waals surface area contributed by atoms with E-state index >= 15 is 0 Å². The van der Waals surface area contributed by atoms with Crippen LogP contribution in [-0.4, -0.2) is 26.0 Å². The van der Waals surface area contributed by atoms with Crippen LogP contribution in [-0.2, 0) is 4.79 Å². The Balaban J connectivity index is 2.02. The van der Waals surface area contributed by atoms with Crippen LogP contribution in [0.4, 0.5) is 0 Å². The summed E-state index contributed by atoms with van der Waals surface area (Å²) >= 11 is 0. The van der Waals surface area contributed by atoms with E-state index in [0.717, 1.165) is 16.7 Å². The maximum Gasteiger partial charge on any atom is 0.291 e. The number of carbonyl (C=O) groups excluding carboxylic acids is 1. The molecule has 27 heavy (non-hydrogen) atoms. The van der Waals surface area contributed by atoms with Crippen LogP contribution in [0, 0.1) is 18.3 Å². The molecule has 2 aromatic carbocycles. The Morgan fingerprint density at radius 3 is 2.44 bits per heavy atom. The van der Waals surface area contributed by atoms with Gasteiger partial charge in [-0.05, 0) is 36.2 Å².